The summed E-state index contributed by atoms with van der Waals surface area (Å²) in [7, 11) is 1.55. The molecule has 3 aromatic rings. The van der Waals surface area contributed by atoms with Crippen LogP contribution in [0.15, 0.2) is 33.8 Å². The summed E-state index contributed by atoms with van der Waals surface area (Å²) in [5.74, 6) is 1.46. The van der Waals surface area contributed by atoms with Crippen LogP contribution in [0, 0.1) is 0 Å². The highest BCUT2D eigenvalue weighted by atomic mass is 32.1. The molecule has 3 rings (SSSR count). The van der Waals surface area contributed by atoms with E-state index in [1.54, 1.807) is 25.3 Å². The van der Waals surface area contributed by atoms with Crippen molar-refractivity contribution in [2.75, 3.05) is 7.11 Å². The van der Waals surface area contributed by atoms with Crippen molar-refractivity contribution in [1.29, 1.82) is 0 Å². The van der Waals surface area contributed by atoms with Crippen molar-refractivity contribution in [3.05, 3.63) is 55.5 Å². The first kappa shape index (κ1) is 15.0. The van der Waals surface area contributed by atoms with Crippen molar-refractivity contribution >= 4 is 24.0 Å². The molecular weight excluding hydrogens is 318 g/mol. The van der Waals surface area contributed by atoms with Crippen LogP contribution in [0.4, 0.5) is 0 Å². The van der Waals surface area contributed by atoms with Gasteiger partial charge in [-0.3, -0.25) is 4.79 Å². The van der Waals surface area contributed by atoms with Crippen LogP contribution in [0.3, 0.4) is 0 Å². The van der Waals surface area contributed by atoms with Gasteiger partial charge in [-0.05, 0) is 23.8 Å². The molecule has 1 N–H and O–H groups in total. The smallest absolute Gasteiger partial charge is 0.266 e. The average Bonchev–Trinajstić information content (AvgIpc) is 3.16. The average molecular weight is 331 g/mol. The number of ether oxygens (including phenoxy) is 2. The topological polar surface area (TPSA) is 90.2 Å². The summed E-state index contributed by atoms with van der Waals surface area (Å²) < 4.78 is 17.0. The fourth-order valence-corrected chi connectivity index (χ4v) is 2.68. The summed E-state index contributed by atoms with van der Waals surface area (Å²) in [6.45, 7) is 3.87. The van der Waals surface area contributed by atoms with E-state index in [0.29, 0.717) is 26.6 Å². The van der Waals surface area contributed by atoms with E-state index in [9.17, 15) is 4.79 Å². The Bertz CT molecular complexity index is 960. The van der Waals surface area contributed by atoms with Gasteiger partial charge < -0.3 is 19.0 Å². The van der Waals surface area contributed by atoms with E-state index >= 15 is 0 Å². The highest BCUT2D eigenvalue weighted by Crippen LogP contribution is 2.28. The maximum Gasteiger partial charge on any atom is 0.266 e. The number of hydrogen-bond donors (Lipinski definition) is 1. The zero-order valence-corrected chi connectivity index (χ0v) is 13.1. The number of benzene rings is 1. The molecule has 7 nitrogen and oxygen atoms in total. The predicted molar refractivity (Wildman–Crippen MR) is 84.9 cm³/mol. The molecule has 0 saturated heterocycles. The second kappa shape index (κ2) is 6.49. The van der Waals surface area contributed by atoms with Gasteiger partial charge in [0.15, 0.2) is 24.4 Å². The third-order valence-corrected chi connectivity index (χ3v) is 3.83. The third kappa shape index (κ3) is 3.49. The number of hydrogen-bond acceptors (Lipinski definition) is 7. The Hall–Kier alpha value is -2.87. The number of nitrogens with one attached hydrogen (secondary N) is 1. The number of nitrogens with zero attached hydrogens (tertiary/aromatic N) is 2. The van der Waals surface area contributed by atoms with Crippen LogP contribution in [0.2, 0.25) is 0 Å². The summed E-state index contributed by atoms with van der Waals surface area (Å²) >= 11 is 1.30. The zero-order valence-electron chi connectivity index (χ0n) is 12.2. The van der Waals surface area contributed by atoms with Crippen molar-refractivity contribution in [3.63, 3.8) is 0 Å². The zero-order chi connectivity index (χ0) is 16.2. The first-order valence-electron chi connectivity index (χ1n) is 6.62. The van der Waals surface area contributed by atoms with E-state index in [1.807, 2.05) is 6.07 Å². The Morgan fingerprint density at radius 1 is 1.43 bits per heavy atom. The summed E-state index contributed by atoms with van der Waals surface area (Å²) in [5, 5.41) is 3.51. The van der Waals surface area contributed by atoms with Crippen molar-refractivity contribution < 1.29 is 14.0 Å². The highest BCUT2D eigenvalue weighted by molar-refractivity contribution is 7.07. The van der Waals surface area contributed by atoms with Gasteiger partial charge in [-0.1, -0.05) is 17.8 Å². The standard InChI is InChI=1S/C15H13N3O4S/c1-9-18-15(19)13(23-9)6-10-3-4-11(12(5-10)20-2)21-7-14-16-8-17-22-14/h3-6,8H,1,7H2,2H3,(H,18,19)/b13-6-. The highest BCUT2D eigenvalue weighted by Gasteiger charge is 2.07. The Morgan fingerprint density at radius 2 is 2.30 bits per heavy atom. The first-order valence-corrected chi connectivity index (χ1v) is 7.43. The summed E-state index contributed by atoms with van der Waals surface area (Å²) in [6.07, 6.45) is 3.08. The molecule has 0 bridgehead atoms. The molecule has 1 aromatic carbocycles. The van der Waals surface area contributed by atoms with Gasteiger partial charge in [-0.2, -0.15) is 4.98 Å². The van der Waals surface area contributed by atoms with Gasteiger partial charge in [0.2, 0.25) is 0 Å². The lowest BCUT2D eigenvalue weighted by molar-refractivity contribution is 0.233. The molecule has 0 saturated carbocycles. The van der Waals surface area contributed by atoms with E-state index in [1.165, 1.54) is 17.7 Å². The van der Waals surface area contributed by atoms with Crippen LogP contribution < -0.4 is 24.2 Å². The third-order valence-electron chi connectivity index (χ3n) is 2.95. The van der Waals surface area contributed by atoms with E-state index in [-0.39, 0.29) is 12.2 Å². The van der Waals surface area contributed by atoms with Crippen LogP contribution in [-0.2, 0) is 6.61 Å². The molecule has 0 unspecified atom stereocenters. The fourth-order valence-electron chi connectivity index (χ4n) is 1.93. The number of methoxy groups -OCH3 is 1. The molecule has 0 aliphatic rings. The van der Waals surface area contributed by atoms with Gasteiger partial charge in [0, 0.05) is 0 Å². The molecular formula is C15H13N3O4S. The van der Waals surface area contributed by atoms with Gasteiger partial charge in [-0.15, -0.1) is 11.3 Å². The minimum absolute atomic E-state index is 0.148. The molecule has 0 radical (unpaired) electrons. The van der Waals surface area contributed by atoms with Crippen molar-refractivity contribution in [1.82, 2.24) is 15.1 Å². The van der Waals surface area contributed by atoms with Gasteiger partial charge >= 0.3 is 0 Å². The molecule has 0 aliphatic heterocycles. The first-order chi connectivity index (χ1) is 11.2. The second-order valence-electron chi connectivity index (χ2n) is 4.52. The lowest BCUT2D eigenvalue weighted by Gasteiger charge is -2.09. The fraction of sp³-hybridized carbons (Fsp3) is 0.133. The second-order valence-corrected chi connectivity index (χ2v) is 5.66. The minimum atomic E-state index is -0.157. The molecule has 118 valence electrons. The Balaban J connectivity index is 1.87. The molecule has 0 fully saturated rings. The van der Waals surface area contributed by atoms with Crippen LogP contribution in [0.1, 0.15) is 11.5 Å². The maximum absolute atomic E-state index is 11.7. The number of aromatic nitrogens is 3. The van der Waals surface area contributed by atoms with Crippen LogP contribution in [-0.4, -0.2) is 22.2 Å². The van der Waals surface area contributed by atoms with Crippen molar-refractivity contribution in [3.8, 4) is 11.5 Å². The van der Waals surface area contributed by atoms with Crippen molar-refractivity contribution in [2.45, 2.75) is 6.61 Å². The monoisotopic (exact) mass is 331 g/mol. The van der Waals surface area contributed by atoms with Gasteiger partial charge in [-0.25, -0.2) is 0 Å². The largest absolute Gasteiger partial charge is 0.493 e. The maximum atomic E-state index is 11.7. The number of H-pyrrole nitrogens is 1. The van der Waals surface area contributed by atoms with Crippen LogP contribution in [0.5, 0.6) is 11.5 Å². The Morgan fingerprint density at radius 3 is 2.96 bits per heavy atom. The van der Waals surface area contributed by atoms with Crippen LogP contribution >= 0.6 is 11.3 Å². The summed E-state index contributed by atoms with van der Waals surface area (Å²) in [5.41, 5.74) is 0.662. The number of rotatable bonds is 5. The van der Waals surface area contributed by atoms with Gasteiger partial charge in [0.25, 0.3) is 11.4 Å². The Labute approximate surface area is 134 Å². The van der Waals surface area contributed by atoms with E-state index < -0.39 is 0 Å². The number of aromatic amines is 1. The lowest BCUT2D eigenvalue weighted by atomic mass is 10.2. The molecule has 23 heavy (non-hydrogen) atoms. The summed E-state index contributed by atoms with van der Waals surface area (Å²) in [4.78, 5) is 18.2. The molecule has 0 aliphatic carbocycles. The lowest BCUT2D eigenvalue weighted by Crippen LogP contribution is -2.19. The van der Waals surface area contributed by atoms with E-state index in [4.69, 9.17) is 14.0 Å². The predicted octanol–water partition coefficient (Wildman–Crippen LogP) is 0.646. The van der Waals surface area contributed by atoms with E-state index in [2.05, 4.69) is 21.7 Å². The molecule has 0 atom stereocenters. The molecule has 0 amide bonds. The van der Waals surface area contributed by atoms with E-state index in [0.717, 1.165) is 5.56 Å². The quantitative estimate of drug-likeness (QED) is 0.738. The molecule has 0 spiro atoms. The Kier molecular flexibility index (Phi) is 4.24. The normalized spacial score (nSPS) is 11.6. The molecule has 8 heteroatoms. The van der Waals surface area contributed by atoms with Gasteiger partial charge in [0.1, 0.15) is 0 Å². The van der Waals surface area contributed by atoms with Gasteiger partial charge in [0.05, 0.1) is 16.3 Å². The van der Waals surface area contributed by atoms with Crippen LogP contribution in [0.25, 0.3) is 12.7 Å². The SMILES string of the molecule is C=c1[nH]c(=O)/c(=C/c2ccc(OCc3ncno3)c(OC)c2)s1. The molecule has 2 heterocycles. The molecule has 2 aromatic heterocycles. The van der Waals surface area contributed by atoms with Crippen molar-refractivity contribution in [2.24, 2.45) is 0 Å². The summed E-state index contributed by atoms with van der Waals surface area (Å²) in [6, 6.07) is 5.37. The number of thiazole rings is 1. The minimum Gasteiger partial charge on any atom is -0.493 e.